The number of para-hydroxylation sites is 1. The van der Waals surface area contributed by atoms with Gasteiger partial charge in [0.15, 0.2) is 11.5 Å². The van der Waals surface area contributed by atoms with Gasteiger partial charge in [-0.2, -0.15) is 0 Å². The van der Waals surface area contributed by atoms with Gasteiger partial charge in [0.2, 0.25) is 0 Å². The molecule has 0 aliphatic carbocycles. The van der Waals surface area contributed by atoms with Gasteiger partial charge < -0.3 is 19.9 Å². The van der Waals surface area contributed by atoms with Gasteiger partial charge in [-0.05, 0) is 30.7 Å². The SMILES string of the molecule is COc1cccc(CNCC(C)O)c1OCc1ccc(F)cc1. The third-order valence-corrected chi connectivity index (χ3v) is 3.33. The molecule has 0 spiro atoms. The van der Waals surface area contributed by atoms with Crippen molar-refractivity contribution in [3.63, 3.8) is 0 Å². The number of hydrogen-bond acceptors (Lipinski definition) is 4. The lowest BCUT2D eigenvalue weighted by molar-refractivity contribution is 0.190. The number of aliphatic hydroxyl groups excluding tert-OH is 1. The standard InChI is InChI=1S/C18H22FNO3/c1-13(21)10-20-11-15-4-3-5-17(22-2)18(15)23-12-14-6-8-16(19)9-7-14/h3-9,13,20-21H,10-12H2,1-2H3. The molecule has 0 aromatic heterocycles. The molecule has 0 fully saturated rings. The molecular formula is C18H22FNO3. The van der Waals surface area contributed by atoms with E-state index in [1.165, 1.54) is 12.1 Å². The van der Waals surface area contributed by atoms with Gasteiger partial charge in [0, 0.05) is 18.7 Å². The van der Waals surface area contributed by atoms with E-state index in [0.717, 1.165) is 11.1 Å². The summed E-state index contributed by atoms with van der Waals surface area (Å²) < 4.78 is 24.2. The molecule has 0 aliphatic heterocycles. The van der Waals surface area contributed by atoms with Crippen LogP contribution >= 0.6 is 0 Å². The van der Waals surface area contributed by atoms with E-state index in [1.807, 2.05) is 18.2 Å². The Morgan fingerprint density at radius 3 is 2.57 bits per heavy atom. The minimum atomic E-state index is -0.413. The third kappa shape index (κ3) is 5.23. The second kappa shape index (κ2) is 8.50. The van der Waals surface area contributed by atoms with E-state index in [4.69, 9.17) is 9.47 Å². The number of halogens is 1. The second-order valence-corrected chi connectivity index (χ2v) is 5.34. The van der Waals surface area contributed by atoms with Crippen LogP contribution in [0.2, 0.25) is 0 Å². The van der Waals surface area contributed by atoms with Crippen molar-refractivity contribution in [2.45, 2.75) is 26.2 Å². The average molecular weight is 319 g/mol. The van der Waals surface area contributed by atoms with E-state index in [9.17, 15) is 9.50 Å². The summed E-state index contributed by atoms with van der Waals surface area (Å²) in [5.41, 5.74) is 1.81. The Bertz CT molecular complexity index is 614. The lowest BCUT2D eigenvalue weighted by Crippen LogP contribution is -2.24. The molecule has 124 valence electrons. The predicted molar refractivity (Wildman–Crippen MR) is 87.1 cm³/mol. The highest BCUT2D eigenvalue weighted by Crippen LogP contribution is 2.31. The van der Waals surface area contributed by atoms with Gasteiger partial charge in [-0.1, -0.05) is 24.3 Å². The molecular weight excluding hydrogens is 297 g/mol. The Morgan fingerprint density at radius 2 is 1.91 bits per heavy atom. The van der Waals surface area contributed by atoms with E-state index < -0.39 is 6.10 Å². The van der Waals surface area contributed by atoms with Crippen LogP contribution in [-0.2, 0) is 13.2 Å². The summed E-state index contributed by atoms with van der Waals surface area (Å²) in [5, 5.41) is 12.5. The first-order chi connectivity index (χ1) is 11.1. The summed E-state index contributed by atoms with van der Waals surface area (Å²) in [5.74, 6) is 1.02. The number of aliphatic hydroxyl groups is 1. The molecule has 0 aliphatic rings. The van der Waals surface area contributed by atoms with E-state index >= 15 is 0 Å². The van der Waals surface area contributed by atoms with Crippen LogP contribution in [0.4, 0.5) is 4.39 Å². The molecule has 5 heteroatoms. The molecule has 1 unspecified atom stereocenters. The largest absolute Gasteiger partial charge is 0.493 e. The predicted octanol–water partition coefficient (Wildman–Crippen LogP) is 2.88. The highest BCUT2D eigenvalue weighted by molar-refractivity contribution is 5.46. The Labute approximate surface area is 135 Å². The van der Waals surface area contributed by atoms with Gasteiger partial charge in [-0.15, -0.1) is 0 Å². The van der Waals surface area contributed by atoms with Crippen molar-refractivity contribution in [3.05, 3.63) is 59.4 Å². The minimum absolute atomic E-state index is 0.269. The fraction of sp³-hybridized carbons (Fsp3) is 0.333. The number of nitrogens with one attached hydrogen (secondary N) is 1. The van der Waals surface area contributed by atoms with Crippen molar-refractivity contribution in [1.29, 1.82) is 0 Å². The Morgan fingerprint density at radius 1 is 1.17 bits per heavy atom. The zero-order valence-corrected chi connectivity index (χ0v) is 13.4. The van der Waals surface area contributed by atoms with Crippen molar-refractivity contribution in [2.75, 3.05) is 13.7 Å². The molecule has 0 saturated carbocycles. The number of ether oxygens (including phenoxy) is 2. The lowest BCUT2D eigenvalue weighted by Gasteiger charge is -2.16. The highest BCUT2D eigenvalue weighted by atomic mass is 19.1. The van der Waals surface area contributed by atoms with Gasteiger partial charge >= 0.3 is 0 Å². The normalized spacial score (nSPS) is 12.0. The number of hydrogen-bond donors (Lipinski definition) is 2. The molecule has 23 heavy (non-hydrogen) atoms. The van der Waals surface area contributed by atoms with Crippen molar-refractivity contribution >= 4 is 0 Å². The van der Waals surface area contributed by atoms with E-state index in [2.05, 4.69) is 5.32 Å². The topological polar surface area (TPSA) is 50.7 Å². The van der Waals surface area contributed by atoms with Gasteiger partial charge in [0.05, 0.1) is 13.2 Å². The van der Waals surface area contributed by atoms with Crippen LogP contribution < -0.4 is 14.8 Å². The molecule has 0 amide bonds. The fourth-order valence-electron chi connectivity index (χ4n) is 2.18. The molecule has 0 saturated heterocycles. The summed E-state index contributed by atoms with van der Waals surface area (Å²) in [7, 11) is 1.59. The molecule has 1 atom stereocenters. The van der Waals surface area contributed by atoms with Crippen LogP contribution in [0.5, 0.6) is 11.5 Å². The molecule has 2 aromatic rings. The highest BCUT2D eigenvalue weighted by Gasteiger charge is 2.11. The first-order valence-electron chi connectivity index (χ1n) is 7.52. The smallest absolute Gasteiger partial charge is 0.166 e. The van der Waals surface area contributed by atoms with Crippen LogP contribution in [0.15, 0.2) is 42.5 Å². The summed E-state index contributed by atoms with van der Waals surface area (Å²) in [6.45, 7) is 3.10. The first kappa shape index (κ1) is 17.2. The summed E-state index contributed by atoms with van der Waals surface area (Å²) in [6.07, 6.45) is -0.413. The molecule has 0 heterocycles. The third-order valence-electron chi connectivity index (χ3n) is 3.33. The van der Waals surface area contributed by atoms with Crippen molar-refractivity contribution in [2.24, 2.45) is 0 Å². The Balaban J connectivity index is 2.09. The number of benzene rings is 2. The van der Waals surface area contributed by atoms with Gasteiger partial charge in [-0.25, -0.2) is 4.39 Å². The maximum absolute atomic E-state index is 12.9. The molecule has 4 nitrogen and oxygen atoms in total. The number of rotatable bonds is 8. The van der Waals surface area contributed by atoms with E-state index in [-0.39, 0.29) is 5.82 Å². The van der Waals surface area contributed by atoms with Crippen molar-refractivity contribution in [1.82, 2.24) is 5.32 Å². The summed E-state index contributed by atoms with van der Waals surface area (Å²) >= 11 is 0. The molecule has 2 N–H and O–H groups in total. The van der Waals surface area contributed by atoms with Crippen LogP contribution in [0.3, 0.4) is 0 Å². The zero-order chi connectivity index (χ0) is 16.7. The molecule has 0 bridgehead atoms. The molecule has 2 rings (SSSR count). The minimum Gasteiger partial charge on any atom is -0.493 e. The maximum atomic E-state index is 12.9. The van der Waals surface area contributed by atoms with E-state index in [1.54, 1.807) is 26.2 Å². The van der Waals surface area contributed by atoms with Crippen molar-refractivity contribution in [3.8, 4) is 11.5 Å². The molecule has 0 radical (unpaired) electrons. The fourth-order valence-corrected chi connectivity index (χ4v) is 2.18. The number of methoxy groups -OCH3 is 1. The Kier molecular flexibility index (Phi) is 6.38. The van der Waals surface area contributed by atoms with Crippen LogP contribution in [-0.4, -0.2) is 24.9 Å². The van der Waals surface area contributed by atoms with Gasteiger partial charge in [0.25, 0.3) is 0 Å². The van der Waals surface area contributed by atoms with Crippen LogP contribution in [0, 0.1) is 5.82 Å². The molecule has 2 aromatic carbocycles. The van der Waals surface area contributed by atoms with Crippen molar-refractivity contribution < 1.29 is 19.0 Å². The first-order valence-corrected chi connectivity index (χ1v) is 7.52. The Hall–Kier alpha value is -2.11. The quantitative estimate of drug-likeness (QED) is 0.785. The van der Waals surface area contributed by atoms with Gasteiger partial charge in [0.1, 0.15) is 12.4 Å². The maximum Gasteiger partial charge on any atom is 0.166 e. The van der Waals surface area contributed by atoms with E-state index in [0.29, 0.717) is 31.2 Å². The van der Waals surface area contributed by atoms with Crippen LogP contribution in [0.1, 0.15) is 18.1 Å². The summed E-state index contributed by atoms with van der Waals surface area (Å²) in [4.78, 5) is 0. The monoisotopic (exact) mass is 319 g/mol. The lowest BCUT2D eigenvalue weighted by atomic mass is 10.1. The summed E-state index contributed by atoms with van der Waals surface area (Å²) in [6, 6.07) is 11.9. The average Bonchev–Trinajstić information content (AvgIpc) is 2.54. The van der Waals surface area contributed by atoms with Crippen LogP contribution in [0.25, 0.3) is 0 Å². The zero-order valence-electron chi connectivity index (χ0n) is 13.4. The second-order valence-electron chi connectivity index (χ2n) is 5.34. The van der Waals surface area contributed by atoms with Gasteiger partial charge in [-0.3, -0.25) is 0 Å².